The van der Waals surface area contributed by atoms with E-state index < -0.39 is 6.10 Å². The van der Waals surface area contributed by atoms with Crippen molar-refractivity contribution >= 4 is 0 Å². The quantitative estimate of drug-likeness (QED) is 0.587. The minimum Gasteiger partial charge on any atom is -0.393 e. The highest BCUT2D eigenvalue weighted by molar-refractivity contribution is 5.24. The van der Waals surface area contributed by atoms with Crippen molar-refractivity contribution in [3.63, 3.8) is 0 Å². The van der Waals surface area contributed by atoms with E-state index in [9.17, 15) is 15.3 Å². The van der Waals surface area contributed by atoms with Gasteiger partial charge in [0.15, 0.2) is 0 Å². The molecule has 1 saturated carbocycles. The highest BCUT2D eigenvalue weighted by atomic mass is 16.3. The van der Waals surface area contributed by atoms with Gasteiger partial charge in [-0.1, -0.05) is 62.8 Å². The molecule has 1 fully saturated rings. The predicted molar refractivity (Wildman–Crippen MR) is 117 cm³/mol. The lowest BCUT2D eigenvalue weighted by atomic mass is 9.71. The van der Waals surface area contributed by atoms with Crippen LogP contribution in [0.2, 0.25) is 0 Å². The number of aliphatic hydroxyl groups is 3. The Morgan fingerprint density at radius 1 is 1.25 bits per heavy atom. The summed E-state index contributed by atoms with van der Waals surface area (Å²) in [5.41, 5.74) is 3.18. The summed E-state index contributed by atoms with van der Waals surface area (Å²) >= 11 is 0. The summed E-state index contributed by atoms with van der Waals surface area (Å²) in [4.78, 5) is 0. The minimum absolute atomic E-state index is 0.0128. The van der Waals surface area contributed by atoms with Crippen molar-refractivity contribution in [1.82, 2.24) is 0 Å². The maximum Gasteiger partial charge on any atom is 0.0764 e. The normalized spacial score (nSPS) is 35.8. The number of aliphatic hydroxyl groups excluding tert-OH is 3. The van der Waals surface area contributed by atoms with Crippen LogP contribution in [0.25, 0.3) is 0 Å². The Morgan fingerprint density at radius 2 is 1.96 bits per heavy atom. The van der Waals surface area contributed by atoms with Crippen LogP contribution < -0.4 is 0 Å². The molecule has 2 aliphatic rings. The molecule has 3 nitrogen and oxygen atoms in total. The van der Waals surface area contributed by atoms with Crippen molar-refractivity contribution < 1.29 is 15.3 Å². The topological polar surface area (TPSA) is 60.7 Å². The van der Waals surface area contributed by atoms with Gasteiger partial charge in [-0.3, -0.25) is 0 Å². The van der Waals surface area contributed by atoms with Crippen molar-refractivity contribution in [2.45, 2.75) is 78.4 Å². The molecule has 0 aromatic carbocycles. The summed E-state index contributed by atoms with van der Waals surface area (Å²) in [6.07, 6.45) is 12.5. The third-order valence-electron chi connectivity index (χ3n) is 6.79. The third-order valence-corrected chi connectivity index (χ3v) is 6.79. The van der Waals surface area contributed by atoms with Gasteiger partial charge in [0.25, 0.3) is 0 Å². The first-order valence-corrected chi connectivity index (χ1v) is 10.8. The summed E-state index contributed by atoms with van der Waals surface area (Å²) in [5, 5.41) is 31.0. The SMILES string of the molecule is C=C1CCC=C(C)CC(O)C=C(CO)C=CC2C(C(C)C)C(O)CC2(C)CC1. The van der Waals surface area contributed by atoms with Crippen LogP contribution in [-0.2, 0) is 0 Å². The molecule has 0 heterocycles. The van der Waals surface area contributed by atoms with Crippen LogP contribution >= 0.6 is 0 Å². The van der Waals surface area contributed by atoms with Gasteiger partial charge in [-0.05, 0) is 74.2 Å². The maximum absolute atomic E-state index is 10.8. The van der Waals surface area contributed by atoms with Gasteiger partial charge < -0.3 is 15.3 Å². The van der Waals surface area contributed by atoms with Gasteiger partial charge in [-0.2, -0.15) is 0 Å². The molecule has 0 saturated heterocycles. The van der Waals surface area contributed by atoms with Crippen molar-refractivity contribution in [2.75, 3.05) is 6.61 Å². The molecule has 28 heavy (non-hydrogen) atoms. The van der Waals surface area contributed by atoms with E-state index in [4.69, 9.17) is 0 Å². The second-order valence-corrected chi connectivity index (χ2v) is 9.64. The molecule has 2 aliphatic carbocycles. The molecule has 0 radical (unpaired) electrons. The first-order valence-electron chi connectivity index (χ1n) is 10.8. The van der Waals surface area contributed by atoms with Gasteiger partial charge in [-0.15, -0.1) is 0 Å². The number of allylic oxidation sites excluding steroid dienone is 3. The van der Waals surface area contributed by atoms with Crippen LogP contribution in [0.4, 0.5) is 0 Å². The Kier molecular flexibility index (Phi) is 8.30. The zero-order valence-corrected chi connectivity index (χ0v) is 18.2. The van der Waals surface area contributed by atoms with Crippen molar-refractivity contribution in [3.05, 3.63) is 47.6 Å². The van der Waals surface area contributed by atoms with Crippen LogP contribution in [0.1, 0.15) is 66.2 Å². The smallest absolute Gasteiger partial charge is 0.0764 e. The summed E-state index contributed by atoms with van der Waals surface area (Å²) in [5.74, 6) is 0.835. The van der Waals surface area contributed by atoms with Gasteiger partial charge in [0, 0.05) is 0 Å². The number of hydrogen-bond donors (Lipinski definition) is 3. The first kappa shape index (κ1) is 23.1. The van der Waals surface area contributed by atoms with E-state index >= 15 is 0 Å². The zero-order chi connectivity index (χ0) is 20.9. The zero-order valence-electron chi connectivity index (χ0n) is 18.2. The monoisotopic (exact) mass is 388 g/mol. The Labute approximate surface area is 171 Å². The number of fused-ring (bicyclic) bond motifs is 1. The predicted octanol–water partition coefficient (Wildman–Crippen LogP) is 4.95. The third kappa shape index (κ3) is 5.92. The minimum atomic E-state index is -0.599. The molecule has 158 valence electrons. The van der Waals surface area contributed by atoms with E-state index in [0.717, 1.165) is 37.7 Å². The molecule has 3 N–H and O–H groups in total. The Bertz CT molecular complexity index is 628. The summed E-state index contributed by atoms with van der Waals surface area (Å²) < 4.78 is 0. The Balaban J connectivity index is 2.39. The molecule has 0 spiro atoms. The van der Waals surface area contributed by atoms with Gasteiger partial charge in [0.2, 0.25) is 0 Å². The van der Waals surface area contributed by atoms with E-state index in [-0.39, 0.29) is 30.0 Å². The van der Waals surface area contributed by atoms with E-state index in [1.807, 2.05) is 13.0 Å². The summed E-state index contributed by atoms with van der Waals surface area (Å²) in [6, 6.07) is 0. The lowest BCUT2D eigenvalue weighted by molar-refractivity contribution is 0.0967. The van der Waals surface area contributed by atoms with Crippen molar-refractivity contribution in [2.24, 2.45) is 23.2 Å². The molecule has 3 heteroatoms. The molecular weight excluding hydrogens is 348 g/mol. The van der Waals surface area contributed by atoms with Crippen LogP contribution in [0.3, 0.4) is 0 Å². The molecule has 0 aromatic heterocycles. The second-order valence-electron chi connectivity index (χ2n) is 9.64. The second kappa shape index (κ2) is 10.0. The van der Waals surface area contributed by atoms with Crippen molar-refractivity contribution in [3.8, 4) is 0 Å². The van der Waals surface area contributed by atoms with Crippen LogP contribution in [0.15, 0.2) is 47.6 Å². The number of rotatable bonds is 2. The summed E-state index contributed by atoms with van der Waals surface area (Å²) in [7, 11) is 0. The Hall–Kier alpha value is -1.16. The van der Waals surface area contributed by atoms with Crippen LogP contribution in [0.5, 0.6) is 0 Å². The first-order chi connectivity index (χ1) is 13.2. The molecule has 0 amide bonds. The fourth-order valence-corrected chi connectivity index (χ4v) is 5.16. The van der Waals surface area contributed by atoms with E-state index in [1.54, 1.807) is 6.08 Å². The Morgan fingerprint density at radius 3 is 2.61 bits per heavy atom. The van der Waals surface area contributed by atoms with E-state index in [0.29, 0.717) is 12.3 Å². The van der Waals surface area contributed by atoms with Gasteiger partial charge >= 0.3 is 0 Å². The lowest BCUT2D eigenvalue weighted by Gasteiger charge is -2.34. The largest absolute Gasteiger partial charge is 0.393 e. The van der Waals surface area contributed by atoms with E-state index in [1.165, 1.54) is 11.1 Å². The fraction of sp³-hybridized carbons (Fsp3) is 0.680. The average Bonchev–Trinajstić information content (AvgIpc) is 2.86. The summed E-state index contributed by atoms with van der Waals surface area (Å²) in [6.45, 7) is 12.9. The molecule has 5 unspecified atom stereocenters. The highest BCUT2D eigenvalue weighted by Gasteiger charge is 2.49. The highest BCUT2D eigenvalue weighted by Crippen LogP contribution is 2.53. The van der Waals surface area contributed by atoms with Gasteiger partial charge in [0.05, 0.1) is 18.8 Å². The molecule has 2 rings (SSSR count). The van der Waals surface area contributed by atoms with Crippen LogP contribution in [-0.4, -0.2) is 34.1 Å². The molecule has 0 aromatic rings. The van der Waals surface area contributed by atoms with Crippen molar-refractivity contribution in [1.29, 1.82) is 0 Å². The maximum atomic E-state index is 10.8. The fourth-order valence-electron chi connectivity index (χ4n) is 5.16. The molecule has 0 aliphatic heterocycles. The van der Waals surface area contributed by atoms with Gasteiger partial charge in [-0.25, -0.2) is 0 Å². The molecule has 5 atom stereocenters. The van der Waals surface area contributed by atoms with Crippen LogP contribution in [0, 0.1) is 23.2 Å². The lowest BCUT2D eigenvalue weighted by Crippen LogP contribution is -2.28. The number of hydrogen-bond acceptors (Lipinski definition) is 3. The van der Waals surface area contributed by atoms with E-state index in [2.05, 4.69) is 39.5 Å². The standard InChI is InChI=1S/C25H40O3/c1-17(2)24-22-10-9-20(16-26)14-21(27)13-19(4)8-6-7-18(3)11-12-25(22,5)15-23(24)28/h8-10,14,17,21-24,26-28H,3,6-7,11-13,15-16H2,1-2,4-5H3. The molecule has 0 bridgehead atoms. The van der Waals surface area contributed by atoms with Gasteiger partial charge in [0.1, 0.15) is 0 Å². The molecular formula is C25H40O3. The average molecular weight is 389 g/mol.